The minimum Gasteiger partial charge on any atom is -0.507 e. The molecule has 1 aromatic rings. The van der Waals surface area contributed by atoms with Crippen molar-refractivity contribution in [3.63, 3.8) is 0 Å². The van der Waals surface area contributed by atoms with E-state index in [0.29, 0.717) is 16.6 Å². The van der Waals surface area contributed by atoms with Crippen molar-refractivity contribution >= 4 is 27.8 Å². The average molecular weight is 342 g/mol. The molecule has 1 aromatic carbocycles. The summed E-state index contributed by atoms with van der Waals surface area (Å²) in [6.45, 7) is 2.27. The maximum Gasteiger partial charge on any atom is 0.326 e. The molecule has 0 radical (unpaired) electrons. The maximum absolute atomic E-state index is 12.5. The number of halogens is 1. The first kappa shape index (κ1) is 14.8. The van der Waals surface area contributed by atoms with Crippen LogP contribution < -0.4 is 0 Å². The first-order chi connectivity index (χ1) is 9.41. The van der Waals surface area contributed by atoms with Crippen LogP contribution in [-0.2, 0) is 4.79 Å². The highest BCUT2D eigenvalue weighted by molar-refractivity contribution is 9.10. The molecule has 0 saturated carbocycles. The predicted octanol–water partition coefficient (Wildman–Crippen LogP) is 2.48. The van der Waals surface area contributed by atoms with Crippen LogP contribution in [0, 0.1) is 5.92 Å². The fourth-order valence-corrected chi connectivity index (χ4v) is 2.85. The van der Waals surface area contributed by atoms with Crippen LogP contribution in [0.1, 0.15) is 30.1 Å². The Morgan fingerprint density at radius 2 is 2.10 bits per heavy atom. The summed E-state index contributed by atoms with van der Waals surface area (Å²) in [5.41, 5.74) is 0.297. The minimum absolute atomic E-state index is 0.0345. The van der Waals surface area contributed by atoms with Crippen LogP contribution >= 0.6 is 15.9 Å². The number of rotatable bonds is 2. The Morgan fingerprint density at radius 1 is 1.40 bits per heavy atom. The van der Waals surface area contributed by atoms with Gasteiger partial charge in [0, 0.05) is 12.1 Å². The largest absolute Gasteiger partial charge is 0.507 e. The standard InChI is InChI=1S/C14H16BrNO4/c1-8-3-2-6-16(12(8)14(19)20)13(18)9-4-5-10(15)11(17)7-9/h4-5,7-8,12,17H,2-3,6H2,1H3,(H,19,20). The Labute approximate surface area is 125 Å². The lowest BCUT2D eigenvalue weighted by Crippen LogP contribution is -2.51. The summed E-state index contributed by atoms with van der Waals surface area (Å²) in [4.78, 5) is 25.2. The number of phenols is 1. The van der Waals surface area contributed by atoms with Gasteiger partial charge in [-0.1, -0.05) is 6.92 Å². The molecule has 1 amide bonds. The number of carbonyl (C=O) groups excluding carboxylic acids is 1. The fourth-order valence-electron chi connectivity index (χ4n) is 2.60. The van der Waals surface area contributed by atoms with Crippen LogP contribution in [0.25, 0.3) is 0 Å². The number of hydrogen-bond donors (Lipinski definition) is 2. The summed E-state index contributed by atoms with van der Waals surface area (Å²) < 4.78 is 0.496. The maximum atomic E-state index is 12.5. The number of carboxylic acid groups (broad SMARTS) is 1. The SMILES string of the molecule is CC1CCCN(C(=O)c2ccc(Br)c(O)c2)C1C(=O)O. The molecule has 2 atom stereocenters. The summed E-state index contributed by atoms with van der Waals surface area (Å²) in [5, 5.41) is 19.0. The third-order valence-corrected chi connectivity index (χ3v) is 4.31. The molecular formula is C14H16BrNO4. The Kier molecular flexibility index (Phi) is 4.32. The van der Waals surface area contributed by atoms with Crippen LogP contribution in [-0.4, -0.2) is 39.6 Å². The smallest absolute Gasteiger partial charge is 0.326 e. The van der Waals surface area contributed by atoms with E-state index in [9.17, 15) is 19.8 Å². The molecule has 2 rings (SSSR count). The zero-order chi connectivity index (χ0) is 14.9. The molecule has 1 aliphatic heterocycles. The second-order valence-electron chi connectivity index (χ2n) is 5.07. The Hall–Kier alpha value is -1.56. The molecule has 1 aliphatic rings. The van der Waals surface area contributed by atoms with E-state index in [1.165, 1.54) is 11.0 Å². The molecule has 0 aromatic heterocycles. The second-order valence-corrected chi connectivity index (χ2v) is 5.92. The van der Waals surface area contributed by atoms with Gasteiger partial charge in [0.05, 0.1) is 4.47 Å². The first-order valence-electron chi connectivity index (χ1n) is 6.44. The van der Waals surface area contributed by atoms with Gasteiger partial charge in [0.2, 0.25) is 0 Å². The van der Waals surface area contributed by atoms with E-state index < -0.39 is 12.0 Å². The van der Waals surface area contributed by atoms with Gasteiger partial charge in [-0.05, 0) is 52.9 Å². The first-order valence-corrected chi connectivity index (χ1v) is 7.23. The number of nitrogens with zero attached hydrogens (tertiary/aromatic N) is 1. The fraction of sp³-hybridized carbons (Fsp3) is 0.429. The van der Waals surface area contributed by atoms with E-state index in [4.69, 9.17) is 0 Å². The van der Waals surface area contributed by atoms with E-state index in [1.54, 1.807) is 12.1 Å². The van der Waals surface area contributed by atoms with Gasteiger partial charge in [0.25, 0.3) is 5.91 Å². The van der Waals surface area contributed by atoms with Crippen molar-refractivity contribution in [2.45, 2.75) is 25.8 Å². The third-order valence-electron chi connectivity index (χ3n) is 3.64. The Balaban J connectivity index is 2.30. The topological polar surface area (TPSA) is 77.8 Å². The number of piperidine rings is 1. The van der Waals surface area contributed by atoms with Crippen molar-refractivity contribution in [2.24, 2.45) is 5.92 Å². The zero-order valence-electron chi connectivity index (χ0n) is 11.0. The number of aliphatic carboxylic acids is 1. The number of amides is 1. The number of likely N-dealkylation sites (tertiary alicyclic amines) is 1. The van der Waals surface area contributed by atoms with Gasteiger partial charge in [-0.25, -0.2) is 4.79 Å². The van der Waals surface area contributed by atoms with Crippen LogP contribution in [0.2, 0.25) is 0 Å². The number of aromatic hydroxyl groups is 1. The zero-order valence-corrected chi connectivity index (χ0v) is 12.6. The molecule has 108 valence electrons. The van der Waals surface area contributed by atoms with Gasteiger partial charge in [-0.3, -0.25) is 4.79 Å². The van der Waals surface area contributed by atoms with E-state index in [-0.39, 0.29) is 17.6 Å². The van der Waals surface area contributed by atoms with E-state index in [0.717, 1.165) is 12.8 Å². The lowest BCUT2D eigenvalue weighted by atomic mass is 9.90. The van der Waals surface area contributed by atoms with Crippen molar-refractivity contribution in [1.29, 1.82) is 0 Å². The summed E-state index contributed by atoms with van der Waals surface area (Å²) in [5.74, 6) is -1.44. The molecule has 1 fully saturated rings. The van der Waals surface area contributed by atoms with Crippen LogP contribution in [0.4, 0.5) is 0 Å². The summed E-state index contributed by atoms with van der Waals surface area (Å²) in [6.07, 6.45) is 1.59. The van der Waals surface area contributed by atoms with Gasteiger partial charge < -0.3 is 15.1 Å². The van der Waals surface area contributed by atoms with Gasteiger partial charge >= 0.3 is 5.97 Å². The number of hydrogen-bond acceptors (Lipinski definition) is 3. The molecule has 5 nitrogen and oxygen atoms in total. The van der Waals surface area contributed by atoms with Crippen molar-refractivity contribution in [3.8, 4) is 5.75 Å². The average Bonchev–Trinajstić information content (AvgIpc) is 2.40. The summed E-state index contributed by atoms with van der Waals surface area (Å²) in [6, 6.07) is 3.70. The normalized spacial score (nSPS) is 22.6. The second kappa shape index (κ2) is 5.83. The monoisotopic (exact) mass is 341 g/mol. The molecule has 0 aliphatic carbocycles. The highest BCUT2D eigenvalue weighted by atomic mass is 79.9. The van der Waals surface area contributed by atoms with Gasteiger partial charge in [0.15, 0.2) is 0 Å². The van der Waals surface area contributed by atoms with Crippen molar-refractivity contribution in [2.75, 3.05) is 6.54 Å². The highest BCUT2D eigenvalue weighted by Gasteiger charge is 2.37. The molecule has 1 heterocycles. The quantitative estimate of drug-likeness (QED) is 0.866. The highest BCUT2D eigenvalue weighted by Crippen LogP contribution is 2.28. The molecule has 2 N–H and O–H groups in total. The number of phenolic OH excluding ortho intramolecular Hbond substituents is 1. The van der Waals surface area contributed by atoms with E-state index in [1.807, 2.05) is 6.92 Å². The predicted molar refractivity (Wildman–Crippen MR) is 76.7 cm³/mol. The third kappa shape index (κ3) is 2.80. The summed E-state index contributed by atoms with van der Waals surface area (Å²) in [7, 11) is 0. The minimum atomic E-state index is -0.980. The molecular weight excluding hydrogens is 326 g/mol. The molecule has 0 bridgehead atoms. The van der Waals surface area contributed by atoms with Crippen LogP contribution in [0.5, 0.6) is 5.75 Å². The number of benzene rings is 1. The lowest BCUT2D eigenvalue weighted by molar-refractivity contribution is -0.145. The van der Waals surface area contributed by atoms with Crippen molar-refractivity contribution in [1.82, 2.24) is 4.90 Å². The molecule has 20 heavy (non-hydrogen) atoms. The van der Waals surface area contributed by atoms with Gasteiger partial charge in [-0.15, -0.1) is 0 Å². The van der Waals surface area contributed by atoms with E-state index in [2.05, 4.69) is 15.9 Å². The number of carboxylic acids is 1. The summed E-state index contributed by atoms with van der Waals surface area (Å²) >= 11 is 3.15. The molecule has 1 saturated heterocycles. The van der Waals surface area contributed by atoms with Crippen molar-refractivity contribution in [3.05, 3.63) is 28.2 Å². The van der Waals surface area contributed by atoms with Gasteiger partial charge in [-0.2, -0.15) is 0 Å². The molecule has 6 heteroatoms. The Bertz CT molecular complexity index is 546. The van der Waals surface area contributed by atoms with Gasteiger partial charge in [0.1, 0.15) is 11.8 Å². The molecule has 2 unspecified atom stereocenters. The molecule has 0 spiro atoms. The number of carbonyl (C=O) groups is 2. The van der Waals surface area contributed by atoms with Crippen molar-refractivity contribution < 1.29 is 19.8 Å². The lowest BCUT2D eigenvalue weighted by Gasteiger charge is -2.37. The van der Waals surface area contributed by atoms with Crippen LogP contribution in [0.3, 0.4) is 0 Å². The van der Waals surface area contributed by atoms with Crippen LogP contribution in [0.15, 0.2) is 22.7 Å². The van der Waals surface area contributed by atoms with E-state index >= 15 is 0 Å². The Morgan fingerprint density at radius 3 is 2.70 bits per heavy atom.